The van der Waals surface area contributed by atoms with E-state index in [-0.39, 0.29) is 5.91 Å². The van der Waals surface area contributed by atoms with E-state index in [1.54, 1.807) is 13.0 Å². The van der Waals surface area contributed by atoms with Gasteiger partial charge in [-0.25, -0.2) is 5.43 Å². The van der Waals surface area contributed by atoms with E-state index in [1.807, 2.05) is 37.3 Å². The van der Waals surface area contributed by atoms with Gasteiger partial charge in [0.25, 0.3) is 5.91 Å². The van der Waals surface area contributed by atoms with Gasteiger partial charge in [-0.15, -0.1) is 0 Å². The zero-order valence-electron chi connectivity index (χ0n) is 11.0. The SMILES string of the molecule is CCC(=NNC(=O)c1ccoc1C)c1ccccc1. The monoisotopic (exact) mass is 256 g/mol. The maximum absolute atomic E-state index is 11.9. The standard InChI is InChI=1S/C15H16N2O2/c1-3-14(12-7-5-4-6-8-12)16-17-15(18)13-9-10-19-11(13)2/h4-10H,3H2,1-2H3,(H,17,18). The fourth-order valence-electron chi connectivity index (χ4n) is 1.78. The van der Waals surface area contributed by atoms with Crippen molar-refractivity contribution in [3.05, 3.63) is 59.5 Å². The van der Waals surface area contributed by atoms with Gasteiger partial charge < -0.3 is 4.42 Å². The normalized spacial score (nSPS) is 11.4. The van der Waals surface area contributed by atoms with Crippen molar-refractivity contribution < 1.29 is 9.21 Å². The van der Waals surface area contributed by atoms with Gasteiger partial charge in [0, 0.05) is 0 Å². The van der Waals surface area contributed by atoms with Gasteiger partial charge in [-0.2, -0.15) is 5.10 Å². The molecule has 0 saturated heterocycles. The molecule has 2 rings (SSSR count). The quantitative estimate of drug-likeness (QED) is 0.675. The lowest BCUT2D eigenvalue weighted by Crippen LogP contribution is -2.20. The van der Waals surface area contributed by atoms with Gasteiger partial charge in [0.15, 0.2) is 0 Å². The second kappa shape index (κ2) is 6.00. The molecule has 0 aliphatic rings. The predicted octanol–water partition coefficient (Wildman–Crippen LogP) is 3.13. The topological polar surface area (TPSA) is 54.6 Å². The summed E-state index contributed by atoms with van der Waals surface area (Å²) in [4.78, 5) is 11.9. The molecular formula is C15H16N2O2. The second-order valence-electron chi connectivity index (χ2n) is 4.11. The Labute approximate surface area is 112 Å². The third kappa shape index (κ3) is 3.10. The minimum atomic E-state index is -0.256. The molecule has 0 fully saturated rings. The van der Waals surface area contributed by atoms with Gasteiger partial charge in [0.05, 0.1) is 17.5 Å². The van der Waals surface area contributed by atoms with E-state index in [2.05, 4.69) is 10.5 Å². The number of aryl methyl sites for hydroxylation is 1. The molecule has 0 bridgehead atoms. The van der Waals surface area contributed by atoms with Gasteiger partial charge in [-0.3, -0.25) is 4.79 Å². The fourth-order valence-corrected chi connectivity index (χ4v) is 1.78. The minimum absolute atomic E-state index is 0.256. The third-order valence-corrected chi connectivity index (χ3v) is 2.84. The molecule has 0 radical (unpaired) electrons. The minimum Gasteiger partial charge on any atom is -0.469 e. The highest BCUT2D eigenvalue weighted by Crippen LogP contribution is 2.09. The maximum atomic E-state index is 11.9. The van der Waals surface area contributed by atoms with Crippen LogP contribution in [-0.2, 0) is 0 Å². The molecule has 1 N–H and O–H groups in total. The summed E-state index contributed by atoms with van der Waals surface area (Å²) in [5.74, 6) is 0.332. The van der Waals surface area contributed by atoms with Crippen molar-refractivity contribution in [2.45, 2.75) is 20.3 Å². The molecule has 0 unspecified atom stereocenters. The van der Waals surface area contributed by atoms with Crippen LogP contribution in [0.1, 0.15) is 35.0 Å². The lowest BCUT2D eigenvalue weighted by molar-refractivity contribution is 0.0953. The summed E-state index contributed by atoms with van der Waals surface area (Å²) in [5, 5.41) is 4.18. The summed E-state index contributed by atoms with van der Waals surface area (Å²) in [7, 11) is 0. The first-order chi connectivity index (χ1) is 9.22. The first-order valence-electron chi connectivity index (χ1n) is 6.18. The van der Waals surface area contributed by atoms with Crippen LogP contribution in [0.3, 0.4) is 0 Å². The molecule has 2 aromatic rings. The van der Waals surface area contributed by atoms with Crippen LogP contribution in [0.5, 0.6) is 0 Å². The van der Waals surface area contributed by atoms with Crippen LogP contribution in [0.25, 0.3) is 0 Å². The van der Waals surface area contributed by atoms with Crippen LogP contribution in [0.15, 0.2) is 52.2 Å². The lowest BCUT2D eigenvalue weighted by atomic mass is 10.1. The molecule has 1 aromatic heterocycles. The van der Waals surface area contributed by atoms with E-state index >= 15 is 0 Å². The van der Waals surface area contributed by atoms with Gasteiger partial charge in [0.2, 0.25) is 0 Å². The lowest BCUT2D eigenvalue weighted by Gasteiger charge is -2.04. The molecular weight excluding hydrogens is 240 g/mol. The van der Waals surface area contributed by atoms with E-state index in [9.17, 15) is 4.79 Å². The van der Waals surface area contributed by atoms with Gasteiger partial charge in [0.1, 0.15) is 5.76 Å². The molecule has 0 aliphatic carbocycles. The fraction of sp³-hybridized carbons (Fsp3) is 0.200. The number of hydrogen-bond acceptors (Lipinski definition) is 3. The van der Waals surface area contributed by atoms with E-state index in [4.69, 9.17) is 4.42 Å². The first kappa shape index (κ1) is 13.1. The van der Waals surface area contributed by atoms with Crippen molar-refractivity contribution >= 4 is 11.6 Å². The van der Waals surface area contributed by atoms with Crippen LogP contribution in [0.4, 0.5) is 0 Å². The highest BCUT2D eigenvalue weighted by atomic mass is 16.3. The molecule has 0 aliphatic heterocycles. The van der Waals surface area contributed by atoms with Crippen LogP contribution in [0, 0.1) is 6.92 Å². The molecule has 1 heterocycles. The van der Waals surface area contributed by atoms with E-state index in [0.717, 1.165) is 17.7 Å². The van der Waals surface area contributed by atoms with Gasteiger partial charge in [-0.1, -0.05) is 37.3 Å². The van der Waals surface area contributed by atoms with Crippen molar-refractivity contribution in [2.75, 3.05) is 0 Å². The Morgan fingerprint density at radius 3 is 2.58 bits per heavy atom. The van der Waals surface area contributed by atoms with Crippen LogP contribution in [-0.4, -0.2) is 11.6 Å². The number of nitrogens with zero attached hydrogens (tertiary/aromatic N) is 1. The summed E-state index contributed by atoms with van der Waals surface area (Å²) >= 11 is 0. The van der Waals surface area contributed by atoms with Crippen molar-refractivity contribution in [2.24, 2.45) is 5.10 Å². The number of carbonyl (C=O) groups is 1. The van der Waals surface area contributed by atoms with Crippen molar-refractivity contribution in [1.82, 2.24) is 5.43 Å². The number of carbonyl (C=O) groups excluding carboxylic acids is 1. The number of hydrogen-bond donors (Lipinski definition) is 1. The van der Waals surface area contributed by atoms with Crippen molar-refractivity contribution in [3.63, 3.8) is 0 Å². The number of amides is 1. The Bertz CT molecular complexity index is 585. The molecule has 19 heavy (non-hydrogen) atoms. The van der Waals surface area contributed by atoms with Gasteiger partial charge in [-0.05, 0) is 25.0 Å². The van der Waals surface area contributed by atoms with Crippen molar-refractivity contribution in [3.8, 4) is 0 Å². The van der Waals surface area contributed by atoms with Crippen molar-refractivity contribution in [1.29, 1.82) is 0 Å². The Balaban J connectivity index is 2.13. The van der Waals surface area contributed by atoms with Gasteiger partial charge >= 0.3 is 0 Å². The third-order valence-electron chi connectivity index (χ3n) is 2.84. The van der Waals surface area contributed by atoms with E-state index < -0.39 is 0 Å². The largest absolute Gasteiger partial charge is 0.469 e. The molecule has 0 saturated carbocycles. The average molecular weight is 256 g/mol. The highest BCUT2D eigenvalue weighted by molar-refractivity contribution is 6.02. The van der Waals surface area contributed by atoms with E-state index in [1.165, 1.54) is 6.26 Å². The number of benzene rings is 1. The molecule has 1 amide bonds. The summed E-state index contributed by atoms with van der Waals surface area (Å²) < 4.78 is 5.09. The smallest absolute Gasteiger partial charge is 0.274 e. The average Bonchev–Trinajstić information content (AvgIpc) is 2.87. The zero-order chi connectivity index (χ0) is 13.7. The number of hydrazone groups is 1. The second-order valence-corrected chi connectivity index (χ2v) is 4.11. The van der Waals surface area contributed by atoms with Crippen LogP contribution < -0.4 is 5.43 Å². The summed E-state index contributed by atoms with van der Waals surface area (Å²) in [6.45, 7) is 3.75. The molecule has 4 heteroatoms. The summed E-state index contributed by atoms with van der Waals surface area (Å²) in [6.07, 6.45) is 2.24. The molecule has 0 spiro atoms. The molecule has 0 atom stereocenters. The summed E-state index contributed by atoms with van der Waals surface area (Å²) in [6, 6.07) is 11.4. The van der Waals surface area contributed by atoms with Crippen LogP contribution in [0.2, 0.25) is 0 Å². The Hall–Kier alpha value is -2.36. The predicted molar refractivity (Wildman–Crippen MR) is 74.2 cm³/mol. The zero-order valence-corrected chi connectivity index (χ0v) is 11.0. The molecule has 98 valence electrons. The Kier molecular flexibility index (Phi) is 4.13. The highest BCUT2D eigenvalue weighted by Gasteiger charge is 2.10. The molecule has 4 nitrogen and oxygen atoms in total. The molecule has 1 aromatic carbocycles. The Morgan fingerprint density at radius 1 is 1.26 bits per heavy atom. The summed E-state index contributed by atoms with van der Waals surface area (Å²) in [5.41, 5.74) is 4.92. The van der Waals surface area contributed by atoms with E-state index in [0.29, 0.717) is 11.3 Å². The Morgan fingerprint density at radius 2 is 2.00 bits per heavy atom. The number of rotatable bonds is 4. The number of nitrogens with one attached hydrogen (secondary N) is 1. The number of furan rings is 1. The first-order valence-corrected chi connectivity index (χ1v) is 6.18. The van der Waals surface area contributed by atoms with Crippen LogP contribution >= 0.6 is 0 Å². The maximum Gasteiger partial charge on any atom is 0.274 e.